The van der Waals surface area contributed by atoms with E-state index in [9.17, 15) is 9.59 Å². The number of aromatic amines is 1. The van der Waals surface area contributed by atoms with Crippen molar-refractivity contribution in [1.29, 1.82) is 0 Å². The highest BCUT2D eigenvalue weighted by atomic mass is 35.5. The number of hydrogen-bond donors (Lipinski definition) is 2. The van der Waals surface area contributed by atoms with Gasteiger partial charge in [-0.1, -0.05) is 23.2 Å². The van der Waals surface area contributed by atoms with Crippen molar-refractivity contribution < 1.29 is 19.4 Å². The Kier molecular flexibility index (Phi) is 6.94. The number of nitrogens with one attached hydrogen (secondary N) is 1. The number of aromatic nitrogens is 3. The lowest BCUT2D eigenvalue weighted by Gasteiger charge is -2.12. The molecule has 2 rings (SSSR count). The van der Waals surface area contributed by atoms with E-state index in [4.69, 9.17) is 50.0 Å². The lowest BCUT2D eigenvalue weighted by molar-refractivity contribution is -0.136. The first-order valence-electron chi connectivity index (χ1n) is 7.36. The molecule has 1 aromatic carbocycles. The Morgan fingerprint density at radius 3 is 2.67 bits per heavy atom. The quantitative estimate of drug-likeness (QED) is 0.509. The number of halogens is 2. The van der Waals surface area contributed by atoms with Crippen LogP contribution >= 0.6 is 35.4 Å². The van der Waals surface area contributed by atoms with Crippen LogP contribution < -0.4 is 15.0 Å². The SMILES string of the molecule is COc1c(Cl)cc(/C=N\n2c(=S)[nH]nc(CCC(=O)O)c2=O)c(OC)c1Cl. The maximum atomic E-state index is 12.4. The van der Waals surface area contributed by atoms with E-state index in [2.05, 4.69) is 15.3 Å². The lowest BCUT2D eigenvalue weighted by atomic mass is 10.2. The largest absolute Gasteiger partial charge is 0.494 e. The van der Waals surface area contributed by atoms with Gasteiger partial charge in [0.15, 0.2) is 5.75 Å². The summed E-state index contributed by atoms with van der Waals surface area (Å²) in [6, 6.07) is 1.50. The highest BCUT2D eigenvalue weighted by molar-refractivity contribution is 7.71. The summed E-state index contributed by atoms with van der Waals surface area (Å²) in [6.45, 7) is 0. The van der Waals surface area contributed by atoms with E-state index in [1.807, 2.05) is 0 Å². The second kappa shape index (κ2) is 8.98. The third-order valence-corrected chi connectivity index (χ3v) is 4.26. The van der Waals surface area contributed by atoms with Crippen molar-refractivity contribution in [2.45, 2.75) is 12.8 Å². The van der Waals surface area contributed by atoms with E-state index in [0.29, 0.717) is 5.56 Å². The average Bonchev–Trinajstić information content (AvgIpc) is 2.61. The fraction of sp³-hybridized carbons (Fsp3) is 0.267. The van der Waals surface area contributed by atoms with Crippen LogP contribution in [0.2, 0.25) is 10.0 Å². The van der Waals surface area contributed by atoms with E-state index in [1.165, 1.54) is 26.5 Å². The number of benzene rings is 1. The Bertz CT molecular complexity index is 1020. The number of carbonyl (C=O) groups is 1. The van der Waals surface area contributed by atoms with Gasteiger partial charge in [0.25, 0.3) is 5.56 Å². The van der Waals surface area contributed by atoms with Crippen LogP contribution in [-0.2, 0) is 11.2 Å². The van der Waals surface area contributed by atoms with Crippen molar-refractivity contribution in [2.75, 3.05) is 14.2 Å². The summed E-state index contributed by atoms with van der Waals surface area (Å²) in [5.74, 6) is -0.576. The number of carboxylic acid groups (broad SMARTS) is 1. The second-order valence-electron chi connectivity index (χ2n) is 5.06. The summed E-state index contributed by atoms with van der Waals surface area (Å²) in [5, 5.41) is 19.4. The minimum absolute atomic E-state index is 0.0130. The van der Waals surface area contributed by atoms with Gasteiger partial charge < -0.3 is 14.6 Å². The van der Waals surface area contributed by atoms with Gasteiger partial charge in [0.1, 0.15) is 16.5 Å². The van der Waals surface area contributed by atoms with Crippen molar-refractivity contribution in [3.63, 3.8) is 0 Å². The van der Waals surface area contributed by atoms with Crippen molar-refractivity contribution in [2.24, 2.45) is 5.10 Å². The number of H-pyrrole nitrogens is 1. The predicted molar refractivity (Wildman–Crippen MR) is 102 cm³/mol. The van der Waals surface area contributed by atoms with Crippen LogP contribution in [0, 0.1) is 4.77 Å². The summed E-state index contributed by atoms with van der Waals surface area (Å²) < 4.78 is 11.2. The van der Waals surface area contributed by atoms with Gasteiger partial charge in [-0.2, -0.15) is 14.9 Å². The summed E-state index contributed by atoms with van der Waals surface area (Å²) >= 11 is 17.3. The fourth-order valence-corrected chi connectivity index (χ4v) is 3.01. The molecule has 0 radical (unpaired) electrons. The molecular weight excluding hydrogens is 419 g/mol. The third-order valence-electron chi connectivity index (χ3n) is 3.37. The van der Waals surface area contributed by atoms with Crippen molar-refractivity contribution in [3.8, 4) is 11.5 Å². The summed E-state index contributed by atoms with van der Waals surface area (Å²) in [5.41, 5.74) is -0.277. The van der Waals surface area contributed by atoms with E-state index >= 15 is 0 Å². The molecule has 0 saturated heterocycles. The van der Waals surface area contributed by atoms with Gasteiger partial charge in [0, 0.05) is 12.0 Å². The zero-order valence-electron chi connectivity index (χ0n) is 14.2. The number of aliphatic carboxylic acids is 1. The van der Waals surface area contributed by atoms with Crippen molar-refractivity contribution >= 4 is 47.6 Å². The minimum Gasteiger partial charge on any atom is -0.494 e. The second-order valence-corrected chi connectivity index (χ2v) is 6.23. The maximum Gasteiger partial charge on any atom is 0.303 e. The van der Waals surface area contributed by atoms with Gasteiger partial charge >= 0.3 is 5.97 Å². The highest BCUT2D eigenvalue weighted by Gasteiger charge is 2.17. The van der Waals surface area contributed by atoms with E-state index < -0.39 is 11.5 Å². The molecule has 144 valence electrons. The molecule has 0 bridgehead atoms. The van der Waals surface area contributed by atoms with E-state index in [0.717, 1.165) is 4.68 Å². The number of aryl methyl sites for hydroxylation is 1. The number of rotatable bonds is 7. The van der Waals surface area contributed by atoms with Gasteiger partial charge in [-0.15, -0.1) is 0 Å². The van der Waals surface area contributed by atoms with Gasteiger partial charge in [0.05, 0.1) is 31.9 Å². The standard InChI is InChI=1S/C15H14Cl2N4O5S/c1-25-12-7(5-8(16)13(26-2)11(12)17)6-18-21-14(24)9(3-4-10(22)23)19-20-15(21)27/h5-6H,3-4H2,1-2H3,(H,20,27)(H,22,23)/b18-6-. The molecule has 0 aliphatic rings. The molecule has 1 heterocycles. The molecule has 0 aliphatic carbocycles. The Morgan fingerprint density at radius 1 is 1.41 bits per heavy atom. The third kappa shape index (κ3) is 4.65. The molecular formula is C15H14Cl2N4O5S. The zero-order valence-corrected chi connectivity index (χ0v) is 16.5. The summed E-state index contributed by atoms with van der Waals surface area (Å²) in [7, 11) is 2.82. The first kappa shape index (κ1) is 20.9. The van der Waals surface area contributed by atoms with Crippen molar-refractivity contribution in [1.82, 2.24) is 14.9 Å². The van der Waals surface area contributed by atoms with E-state index in [-0.39, 0.29) is 44.9 Å². The minimum atomic E-state index is -1.05. The average molecular weight is 433 g/mol. The van der Waals surface area contributed by atoms with Gasteiger partial charge in [-0.3, -0.25) is 14.7 Å². The monoisotopic (exact) mass is 432 g/mol. The van der Waals surface area contributed by atoms with Gasteiger partial charge in [0.2, 0.25) is 4.77 Å². The van der Waals surface area contributed by atoms with E-state index in [1.54, 1.807) is 0 Å². The van der Waals surface area contributed by atoms with Crippen LogP contribution in [0.5, 0.6) is 11.5 Å². The van der Waals surface area contributed by atoms with Gasteiger partial charge in [-0.05, 0) is 18.3 Å². The Balaban J connectivity index is 2.50. The molecule has 1 aromatic heterocycles. The van der Waals surface area contributed by atoms with Crippen LogP contribution in [-0.4, -0.2) is 46.4 Å². The molecule has 0 atom stereocenters. The fourth-order valence-electron chi connectivity index (χ4n) is 2.13. The maximum absolute atomic E-state index is 12.4. The zero-order chi connectivity index (χ0) is 20.1. The number of methoxy groups -OCH3 is 2. The Labute approximate surface area is 168 Å². The summed E-state index contributed by atoms with van der Waals surface area (Å²) in [6.07, 6.45) is 0.954. The molecule has 0 amide bonds. The topological polar surface area (TPSA) is 119 Å². The Morgan fingerprint density at radius 2 is 2.07 bits per heavy atom. The molecule has 9 nitrogen and oxygen atoms in total. The number of nitrogens with zero attached hydrogens (tertiary/aromatic N) is 3. The van der Waals surface area contributed by atoms with Crippen molar-refractivity contribution in [3.05, 3.63) is 42.5 Å². The first-order chi connectivity index (χ1) is 12.8. The van der Waals surface area contributed by atoms with Crippen LogP contribution in [0.15, 0.2) is 16.0 Å². The molecule has 0 spiro atoms. The van der Waals surface area contributed by atoms with Gasteiger partial charge in [-0.25, -0.2) is 0 Å². The number of carboxylic acids is 1. The first-order valence-corrected chi connectivity index (χ1v) is 8.53. The molecule has 27 heavy (non-hydrogen) atoms. The molecule has 0 saturated carbocycles. The predicted octanol–water partition coefficient (Wildman–Crippen LogP) is 2.52. The molecule has 0 fully saturated rings. The smallest absolute Gasteiger partial charge is 0.303 e. The molecule has 2 aromatic rings. The molecule has 0 unspecified atom stereocenters. The Hall–Kier alpha value is -2.43. The molecule has 0 aliphatic heterocycles. The highest BCUT2D eigenvalue weighted by Crippen LogP contribution is 2.41. The number of ether oxygens (including phenoxy) is 2. The lowest BCUT2D eigenvalue weighted by Crippen LogP contribution is -2.25. The number of hydrogen-bond acceptors (Lipinski definition) is 7. The summed E-state index contributed by atoms with van der Waals surface area (Å²) in [4.78, 5) is 23.1. The van der Waals surface area contributed by atoms with Crippen LogP contribution in [0.3, 0.4) is 0 Å². The normalized spacial score (nSPS) is 11.0. The van der Waals surface area contributed by atoms with Crippen LogP contribution in [0.25, 0.3) is 0 Å². The van der Waals surface area contributed by atoms with Crippen LogP contribution in [0.1, 0.15) is 17.7 Å². The van der Waals surface area contributed by atoms with Crippen LogP contribution in [0.4, 0.5) is 0 Å². The molecule has 2 N–H and O–H groups in total. The molecule has 12 heteroatoms.